The number of carbonyl (C=O) groups excluding carboxylic acids is 1. The summed E-state index contributed by atoms with van der Waals surface area (Å²) in [6.07, 6.45) is -0.682. The molecule has 1 nitrogen and oxygen atoms in total. The molecule has 0 spiro atoms. The number of rotatable bonds is 8. The van der Waals surface area contributed by atoms with Crippen molar-refractivity contribution < 1.29 is 4.79 Å². The molecular formula is C28H28ClIOP2. The van der Waals surface area contributed by atoms with Crippen molar-refractivity contribution in [3.05, 3.63) is 126 Å². The number of benzene rings is 4. The first-order valence-corrected chi connectivity index (χ1v) is 15.2. The van der Waals surface area contributed by atoms with Crippen LogP contribution in [0.25, 0.3) is 0 Å². The minimum absolute atomic E-state index is 0. The normalized spacial score (nSPS) is 12.2. The SMILES string of the molecule is I.O=C(CCCP(P)(c1ccccc1)(c1ccccc1)c1ccccc1)c1ccc(Cl)cc1. The van der Waals surface area contributed by atoms with E-state index in [-0.39, 0.29) is 29.8 Å². The maximum absolute atomic E-state index is 12.9. The first-order valence-electron chi connectivity index (χ1n) is 10.8. The average molecular weight is 605 g/mol. The molecule has 0 aromatic heterocycles. The molecule has 170 valence electrons. The summed E-state index contributed by atoms with van der Waals surface area (Å²) in [6, 6.07) is 39.5. The van der Waals surface area contributed by atoms with Crippen LogP contribution >= 0.6 is 50.8 Å². The molecule has 1 atom stereocenters. The molecule has 0 amide bonds. The fourth-order valence-electron chi connectivity index (χ4n) is 4.49. The third kappa shape index (κ3) is 5.25. The Kier molecular flexibility index (Phi) is 8.87. The fraction of sp³-hybridized carbons (Fsp3) is 0.107. The van der Waals surface area contributed by atoms with Gasteiger partial charge in [0.2, 0.25) is 0 Å². The van der Waals surface area contributed by atoms with Gasteiger partial charge in [0.25, 0.3) is 0 Å². The molecule has 1 unspecified atom stereocenters. The van der Waals surface area contributed by atoms with Crippen LogP contribution in [0, 0.1) is 0 Å². The van der Waals surface area contributed by atoms with E-state index in [1.165, 1.54) is 15.9 Å². The first-order chi connectivity index (χ1) is 15.5. The zero-order valence-electron chi connectivity index (χ0n) is 18.3. The van der Waals surface area contributed by atoms with Crippen LogP contribution in [0.1, 0.15) is 23.2 Å². The van der Waals surface area contributed by atoms with Gasteiger partial charge in [-0.25, -0.2) is 0 Å². The predicted octanol–water partition coefficient (Wildman–Crippen LogP) is 7.24. The first kappa shape index (κ1) is 26.0. The summed E-state index contributed by atoms with van der Waals surface area (Å²) in [5.74, 6) is 0.158. The predicted molar refractivity (Wildman–Crippen MR) is 160 cm³/mol. The summed E-state index contributed by atoms with van der Waals surface area (Å²) in [4.78, 5) is 12.9. The molecule has 0 aliphatic rings. The van der Waals surface area contributed by atoms with Crippen molar-refractivity contribution in [1.82, 2.24) is 0 Å². The summed E-state index contributed by atoms with van der Waals surface area (Å²) in [5, 5.41) is 4.60. The molecule has 0 fully saturated rings. The summed E-state index contributed by atoms with van der Waals surface area (Å²) in [5.41, 5.74) is 0.720. The topological polar surface area (TPSA) is 17.1 Å². The molecule has 0 aliphatic heterocycles. The van der Waals surface area contributed by atoms with Crippen molar-refractivity contribution in [3.63, 3.8) is 0 Å². The van der Waals surface area contributed by atoms with E-state index in [0.717, 1.165) is 18.1 Å². The molecule has 0 bridgehead atoms. The van der Waals surface area contributed by atoms with Gasteiger partial charge in [0, 0.05) is 0 Å². The number of hydrogen-bond acceptors (Lipinski definition) is 1. The molecule has 5 heteroatoms. The van der Waals surface area contributed by atoms with Crippen LogP contribution in [0.15, 0.2) is 115 Å². The summed E-state index contributed by atoms with van der Waals surface area (Å²) < 4.78 is 0. The Labute approximate surface area is 221 Å². The van der Waals surface area contributed by atoms with Crippen LogP contribution in [-0.4, -0.2) is 11.9 Å². The molecule has 0 radical (unpaired) electrons. The van der Waals surface area contributed by atoms with E-state index in [1.807, 2.05) is 12.1 Å². The van der Waals surface area contributed by atoms with Gasteiger partial charge in [-0.2, -0.15) is 0 Å². The second-order valence-corrected chi connectivity index (χ2v) is 16.8. The summed E-state index contributed by atoms with van der Waals surface area (Å²) >= 11 is 5.99. The molecule has 4 rings (SSSR count). The quantitative estimate of drug-likeness (QED) is 0.118. The number of ketones is 1. The van der Waals surface area contributed by atoms with Gasteiger partial charge in [-0.05, 0) is 0 Å². The molecule has 33 heavy (non-hydrogen) atoms. The van der Waals surface area contributed by atoms with E-state index in [2.05, 4.69) is 99.9 Å². The molecular weight excluding hydrogens is 577 g/mol. The van der Waals surface area contributed by atoms with E-state index >= 15 is 0 Å². The number of carbonyl (C=O) groups is 1. The standard InChI is InChI=1S/C28H27ClOP2.HI/c29-24-20-18-23(19-21-24)28(30)17-10-22-32(31,25-11-4-1-5-12-25,26-13-6-2-7-14-26)27-15-8-3-9-16-27;/h1-9,11-16,18-21H,10,17,22,31H2;1H. The molecule has 4 aromatic carbocycles. The Hall–Kier alpha value is -1.57. The second-order valence-electron chi connectivity index (χ2n) is 8.14. The average Bonchev–Trinajstić information content (AvgIpc) is 2.86. The van der Waals surface area contributed by atoms with Crippen molar-refractivity contribution >= 4 is 72.5 Å². The van der Waals surface area contributed by atoms with Crippen molar-refractivity contribution in [3.8, 4) is 0 Å². The fourth-order valence-corrected chi connectivity index (χ4v) is 11.8. The minimum atomic E-state index is -2.87. The van der Waals surface area contributed by atoms with Gasteiger partial charge in [0.15, 0.2) is 0 Å². The molecule has 0 heterocycles. The van der Waals surface area contributed by atoms with Crippen molar-refractivity contribution in [2.75, 3.05) is 6.16 Å². The van der Waals surface area contributed by atoms with Crippen LogP contribution in [0.3, 0.4) is 0 Å². The molecule has 0 aliphatic carbocycles. The second kappa shape index (κ2) is 11.2. The summed E-state index contributed by atoms with van der Waals surface area (Å²) in [7, 11) is 3.34. The number of halogens is 2. The van der Waals surface area contributed by atoms with Crippen molar-refractivity contribution in [2.24, 2.45) is 0 Å². The van der Waals surface area contributed by atoms with E-state index in [0.29, 0.717) is 11.4 Å². The van der Waals surface area contributed by atoms with E-state index in [1.54, 1.807) is 12.1 Å². The maximum atomic E-state index is 12.9. The Morgan fingerprint density at radius 1 is 0.667 bits per heavy atom. The van der Waals surface area contributed by atoms with Crippen LogP contribution in [0.4, 0.5) is 0 Å². The summed E-state index contributed by atoms with van der Waals surface area (Å²) in [6.45, 7) is 0. The van der Waals surface area contributed by atoms with Gasteiger partial charge in [-0.3, -0.25) is 0 Å². The van der Waals surface area contributed by atoms with Crippen LogP contribution in [0.2, 0.25) is 5.02 Å². The van der Waals surface area contributed by atoms with E-state index < -0.39 is 6.29 Å². The third-order valence-electron chi connectivity index (χ3n) is 6.23. The Morgan fingerprint density at radius 3 is 1.45 bits per heavy atom. The monoisotopic (exact) mass is 604 g/mol. The zero-order chi connectivity index (χ0) is 22.5. The Bertz CT molecular complexity index is 1080. The van der Waals surface area contributed by atoms with E-state index in [4.69, 9.17) is 11.6 Å². The molecule has 0 N–H and O–H groups in total. The third-order valence-corrected chi connectivity index (χ3v) is 15.6. The van der Waals surface area contributed by atoms with Gasteiger partial charge in [-0.15, -0.1) is 24.0 Å². The van der Waals surface area contributed by atoms with Crippen LogP contribution in [0.5, 0.6) is 0 Å². The Balaban J connectivity index is 0.00000306. The Morgan fingerprint density at radius 2 is 1.06 bits per heavy atom. The molecule has 0 saturated heterocycles. The van der Waals surface area contributed by atoms with Gasteiger partial charge >= 0.3 is 198 Å². The molecule has 4 aromatic rings. The number of Topliss-reactive ketones (excluding diaryl/α,β-unsaturated/α-hetero) is 1. The van der Waals surface area contributed by atoms with Gasteiger partial charge in [0.1, 0.15) is 0 Å². The van der Waals surface area contributed by atoms with Crippen LogP contribution < -0.4 is 15.9 Å². The van der Waals surface area contributed by atoms with Gasteiger partial charge in [0.05, 0.1) is 0 Å². The van der Waals surface area contributed by atoms with Crippen LogP contribution in [-0.2, 0) is 0 Å². The van der Waals surface area contributed by atoms with Crippen molar-refractivity contribution in [1.29, 1.82) is 0 Å². The van der Waals surface area contributed by atoms with Gasteiger partial charge in [-0.1, -0.05) is 0 Å². The van der Waals surface area contributed by atoms with E-state index in [9.17, 15) is 4.79 Å². The van der Waals surface area contributed by atoms with Gasteiger partial charge < -0.3 is 0 Å². The number of hydrogen-bond donors (Lipinski definition) is 0. The molecule has 0 saturated carbocycles. The zero-order valence-corrected chi connectivity index (χ0v) is 23.4. The van der Waals surface area contributed by atoms with Crippen molar-refractivity contribution in [2.45, 2.75) is 12.8 Å².